The van der Waals surface area contributed by atoms with Crippen LogP contribution in [-0.2, 0) is 6.42 Å². The number of aliphatic hydroxyl groups is 2. The van der Waals surface area contributed by atoms with Gasteiger partial charge in [0.1, 0.15) is 0 Å². The number of pyridine rings is 1. The molecule has 1 heterocycles. The Morgan fingerprint density at radius 2 is 1.94 bits per heavy atom. The lowest BCUT2D eigenvalue weighted by Gasteiger charge is -2.31. The number of nitrogens with zero attached hydrogens (tertiary/aromatic N) is 1. The Balaban J connectivity index is 2.82. The van der Waals surface area contributed by atoms with Gasteiger partial charge in [-0.15, -0.1) is 0 Å². The normalized spacial score (nSPS) is 12.1. The van der Waals surface area contributed by atoms with E-state index in [4.69, 9.17) is 0 Å². The predicted molar refractivity (Wildman–Crippen MR) is 71.7 cm³/mol. The van der Waals surface area contributed by atoms with Crippen LogP contribution in [0.4, 0.5) is 0 Å². The molecule has 0 unspecified atom stereocenters. The smallest absolute Gasteiger partial charge is 0.0513 e. The average Bonchev–Trinajstić information content (AvgIpc) is 2.30. The first-order valence-corrected chi connectivity index (χ1v) is 6.63. The number of hydrogen-bond donors (Lipinski definition) is 2. The van der Waals surface area contributed by atoms with E-state index in [0.29, 0.717) is 12.3 Å². The zero-order valence-electron chi connectivity index (χ0n) is 10.4. The largest absolute Gasteiger partial charge is 0.396 e. The molecule has 17 heavy (non-hydrogen) atoms. The van der Waals surface area contributed by atoms with Crippen LogP contribution in [0.25, 0.3) is 0 Å². The molecule has 96 valence electrons. The fraction of sp³-hybridized carbons (Fsp3) is 0.615. The third kappa shape index (κ3) is 4.37. The van der Waals surface area contributed by atoms with Gasteiger partial charge in [-0.2, -0.15) is 0 Å². The van der Waals surface area contributed by atoms with Crippen molar-refractivity contribution in [3.05, 3.63) is 28.5 Å². The van der Waals surface area contributed by atoms with Crippen LogP contribution in [0.2, 0.25) is 0 Å². The summed E-state index contributed by atoms with van der Waals surface area (Å²) in [7, 11) is 0. The second-order valence-corrected chi connectivity index (χ2v) is 5.97. The van der Waals surface area contributed by atoms with E-state index in [1.54, 1.807) is 6.20 Å². The molecule has 1 aromatic heterocycles. The highest BCUT2D eigenvalue weighted by atomic mass is 79.9. The molecule has 0 atom stereocenters. The van der Waals surface area contributed by atoms with Crippen LogP contribution in [0.15, 0.2) is 22.8 Å². The maximum absolute atomic E-state index is 9.54. The lowest BCUT2D eigenvalue weighted by atomic mass is 9.77. The van der Waals surface area contributed by atoms with Crippen LogP contribution in [0.5, 0.6) is 0 Å². The van der Waals surface area contributed by atoms with Crippen molar-refractivity contribution in [3.8, 4) is 0 Å². The molecule has 1 rings (SSSR count). The van der Waals surface area contributed by atoms with E-state index < -0.39 is 5.41 Å². The van der Waals surface area contributed by atoms with Crippen molar-refractivity contribution < 1.29 is 10.2 Å². The molecule has 0 aliphatic rings. The van der Waals surface area contributed by atoms with Gasteiger partial charge in [0.15, 0.2) is 0 Å². The van der Waals surface area contributed by atoms with Crippen molar-refractivity contribution in [2.24, 2.45) is 11.3 Å². The van der Waals surface area contributed by atoms with Gasteiger partial charge in [-0.1, -0.05) is 13.8 Å². The third-order valence-electron chi connectivity index (χ3n) is 2.86. The highest BCUT2D eigenvalue weighted by molar-refractivity contribution is 9.10. The second-order valence-electron chi connectivity index (χ2n) is 5.06. The van der Waals surface area contributed by atoms with E-state index >= 15 is 0 Å². The van der Waals surface area contributed by atoms with Crippen LogP contribution in [0.1, 0.15) is 26.0 Å². The van der Waals surface area contributed by atoms with Gasteiger partial charge in [-0.3, -0.25) is 4.98 Å². The van der Waals surface area contributed by atoms with E-state index in [9.17, 15) is 10.2 Å². The molecule has 0 bridgehead atoms. The summed E-state index contributed by atoms with van der Waals surface area (Å²) in [5.74, 6) is 0.435. The molecule has 0 amide bonds. The number of aromatic nitrogens is 1. The minimum Gasteiger partial charge on any atom is -0.396 e. The number of aliphatic hydroxyl groups excluding tert-OH is 2. The summed E-state index contributed by atoms with van der Waals surface area (Å²) in [4.78, 5) is 4.30. The van der Waals surface area contributed by atoms with Crippen molar-refractivity contribution in [2.75, 3.05) is 13.2 Å². The molecule has 0 radical (unpaired) electrons. The minimum atomic E-state index is -0.463. The molecule has 1 aromatic rings. The van der Waals surface area contributed by atoms with Gasteiger partial charge in [0.05, 0.1) is 13.2 Å². The summed E-state index contributed by atoms with van der Waals surface area (Å²) >= 11 is 3.34. The van der Waals surface area contributed by atoms with Gasteiger partial charge in [0, 0.05) is 21.8 Å². The number of hydrogen-bond acceptors (Lipinski definition) is 3. The van der Waals surface area contributed by atoms with Crippen molar-refractivity contribution in [1.29, 1.82) is 0 Å². The summed E-state index contributed by atoms with van der Waals surface area (Å²) < 4.78 is 0.934. The van der Waals surface area contributed by atoms with Gasteiger partial charge >= 0.3 is 0 Å². The molecule has 0 aliphatic carbocycles. The molecule has 0 spiro atoms. The number of halogens is 1. The Kier molecular flexibility index (Phi) is 5.56. The first kappa shape index (κ1) is 14.6. The standard InChI is InChI=1S/C13H20BrNO2/c1-10(2)5-13(8-16,9-17)6-12-4-3-11(14)7-15-12/h3-4,7,10,16-17H,5-6,8-9H2,1-2H3. The molecular formula is C13H20BrNO2. The SMILES string of the molecule is CC(C)CC(CO)(CO)Cc1ccc(Br)cn1. The summed E-state index contributed by atoms with van der Waals surface area (Å²) in [5.41, 5.74) is 0.437. The summed E-state index contributed by atoms with van der Waals surface area (Å²) in [6.45, 7) is 4.16. The van der Waals surface area contributed by atoms with Gasteiger partial charge < -0.3 is 10.2 Å². The van der Waals surface area contributed by atoms with Crippen LogP contribution in [0, 0.1) is 11.3 Å². The molecule has 0 saturated carbocycles. The highest BCUT2D eigenvalue weighted by Gasteiger charge is 2.30. The van der Waals surface area contributed by atoms with E-state index in [1.165, 1.54) is 0 Å². The third-order valence-corrected chi connectivity index (χ3v) is 3.33. The van der Waals surface area contributed by atoms with Crippen molar-refractivity contribution in [2.45, 2.75) is 26.7 Å². The molecule has 0 saturated heterocycles. The lowest BCUT2D eigenvalue weighted by Crippen LogP contribution is -2.34. The quantitative estimate of drug-likeness (QED) is 0.848. The predicted octanol–water partition coefficient (Wildman–Crippen LogP) is 2.40. The zero-order chi connectivity index (χ0) is 12.9. The monoisotopic (exact) mass is 301 g/mol. The fourth-order valence-electron chi connectivity index (χ4n) is 2.12. The minimum absolute atomic E-state index is 0.0145. The molecule has 0 aromatic carbocycles. The molecule has 4 heteroatoms. The zero-order valence-corrected chi connectivity index (χ0v) is 11.9. The van der Waals surface area contributed by atoms with E-state index in [2.05, 4.69) is 34.8 Å². The lowest BCUT2D eigenvalue weighted by molar-refractivity contribution is 0.0362. The Morgan fingerprint density at radius 3 is 2.35 bits per heavy atom. The van der Waals surface area contributed by atoms with E-state index in [-0.39, 0.29) is 13.2 Å². The second kappa shape index (κ2) is 6.47. The van der Waals surface area contributed by atoms with Gasteiger partial charge in [0.25, 0.3) is 0 Å². The number of rotatable bonds is 6. The van der Waals surface area contributed by atoms with Crippen molar-refractivity contribution in [1.82, 2.24) is 4.98 Å². The van der Waals surface area contributed by atoms with Crippen LogP contribution in [0.3, 0.4) is 0 Å². The van der Waals surface area contributed by atoms with E-state index in [1.807, 2.05) is 12.1 Å². The van der Waals surface area contributed by atoms with Crippen molar-refractivity contribution >= 4 is 15.9 Å². The molecule has 2 N–H and O–H groups in total. The molecule has 0 aliphatic heterocycles. The maximum atomic E-state index is 9.54. The Bertz CT molecular complexity index is 334. The van der Waals surface area contributed by atoms with E-state index in [0.717, 1.165) is 16.6 Å². The molecule has 3 nitrogen and oxygen atoms in total. The topological polar surface area (TPSA) is 53.4 Å². The molecular weight excluding hydrogens is 282 g/mol. The maximum Gasteiger partial charge on any atom is 0.0513 e. The fourth-order valence-corrected chi connectivity index (χ4v) is 2.36. The highest BCUT2D eigenvalue weighted by Crippen LogP contribution is 2.29. The Labute approximate surface area is 111 Å². The summed E-state index contributed by atoms with van der Waals surface area (Å²) in [5, 5.41) is 19.1. The Morgan fingerprint density at radius 1 is 1.29 bits per heavy atom. The molecule has 0 fully saturated rings. The average molecular weight is 302 g/mol. The van der Waals surface area contributed by atoms with Crippen LogP contribution in [-0.4, -0.2) is 28.4 Å². The van der Waals surface area contributed by atoms with Gasteiger partial charge in [-0.05, 0) is 46.8 Å². The van der Waals surface area contributed by atoms with Crippen LogP contribution >= 0.6 is 15.9 Å². The first-order chi connectivity index (χ1) is 8.01. The first-order valence-electron chi connectivity index (χ1n) is 5.83. The summed E-state index contributed by atoms with van der Waals surface area (Å²) in [6, 6.07) is 3.85. The Hall–Kier alpha value is -0.450. The van der Waals surface area contributed by atoms with Crippen molar-refractivity contribution in [3.63, 3.8) is 0 Å². The summed E-state index contributed by atoms with van der Waals surface area (Å²) in [6.07, 6.45) is 3.13. The van der Waals surface area contributed by atoms with Gasteiger partial charge in [0.2, 0.25) is 0 Å². The van der Waals surface area contributed by atoms with Crippen LogP contribution < -0.4 is 0 Å². The van der Waals surface area contributed by atoms with Gasteiger partial charge in [-0.25, -0.2) is 0 Å².